The van der Waals surface area contributed by atoms with Crippen LogP contribution in [0.15, 0.2) is 60.0 Å². The van der Waals surface area contributed by atoms with Gasteiger partial charge in [0.2, 0.25) is 5.91 Å². The fourth-order valence-corrected chi connectivity index (χ4v) is 3.30. The van der Waals surface area contributed by atoms with Crippen LogP contribution in [-0.2, 0) is 4.79 Å². The van der Waals surface area contributed by atoms with Crippen molar-refractivity contribution in [2.45, 2.75) is 18.1 Å². The Balaban J connectivity index is 1.63. The van der Waals surface area contributed by atoms with E-state index in [4.69, 9.17) is 4.74 Å². The Bertz CT molecular complexity index is 914. The van der Waals surface area contributed by atoms with Crippen molar-refractivity contribution in [3.63, 3.8) is 0 Å². The molecule has 1 atom stereocenters. The average Bonchev–Trinajstić information content (AvgIpc) is 3.15. The maximum absolute atomic E-state index is 13.0. The van der Waals surface area contributed by atoms with E-state index in [0.29, 0.717) is 10.9 Å². The number of hydrogen-bond acceptors (Lipinski definition) is 5. The van der Waals surface area contributed by atoms with E-state index in [1.54, 1.807) is 30.1 Å². The predicted octanol–water partition coefficient (Wildman–Crippen LogP) is 3.38. The zero-order chi connectivity index (χ0) is 19.2. The molecular formula is C19H19FN4O2S. The number of hydrogen-bond donors (Lipinski definition) is 1. The highest BCUT2D eigenvalue weighted by molar-refractivity contribution is 7.99. The fourth-order valence-electron chi connectivity index (χ4n) is 2.56. The van der Waals surface area contributed by atoms with Crippen LogP contribution >= 0.6 is 11.8 Å². The topological polar surface area (TPSA) is 69.0 Å². The van der Waals surface area contributed by atoms with Crippen molar-refractivity contribution in [1.29, 1.82) is 0 Å². The van der Waals surface area contributed by atoms with Crippen molar-refractivity contribution in [1.82, 2.24) is 20.1 Å². The van der Waals surface area contributed by atoms with Gasteiger partial charge in [-0.15, -0.1) is 10.2 Å². The number of carbonyl (C=O) groups is 1. The van der Waals surface area contributed by atoms with Gasteiger partial charge in [0.25, 0.3) is 0 Å². The Morgan fingerprint density at radius 3 is 2.74 bits per heavy atom. The van der Waals surface area contributed by atoms with Crippen molar-refractivity contribution in [3.05, 3.63) is 66.2 Å². The van der Waals surface area contributed by atoms with Crippen molar-refractivity contribution >= 4 is 17.7 Å². The van der Waals surface area contributed by atoms with Crippen LogP contribution in [0.2, 0.25) is 0 Å². The van der Waals surface area contributed by atoms with E-state index >= 15 is 0 Å². The number of thioether (sulfide) groups is 1. The van der Waals surface area contributed by atoms with Crippen molar-refractivity contribution in [2.24, 2.45) is 0 Å². The standard InChI is InChI=1S/C19H19FN4O2S/c1-13(14-7-9-15(20)10-8-14)22-18(25)11-27-19-23-21-12-24(19)16-5-3-4-6-17(16)26-2/h3-10,12-13H,11H2,1-2H3,(H,22,25). The van der Waals surface area contributed by atoms with Gasteiger partial charge in [0.05, 0.1) is 24.6 Å². The molecule has 8 heteroatoms. The lowest BCUT2D eigenvalue weighted by Crippen LogP contribution is -2.28. The van der Waals surface area contributed by atoms with Gasteiger partial charge in [-0.25, -0.2) is 4.39 Å². The van der Waals surface area contributed by atoms with E-state index in [0.717, 1.165) is 11.3 Å². The molecule has 1 unspecified atom stereocenters. The molecule has 0 fully saturated rings. The molecule has 0 aliphatic heterocycles. The van der Waals surface area contributed by atoms with E-state index in [1.165, 1.54) is 23.9 Å². The number of ether oxygens (including phenoxy) is 1. The molecule has 1 aromatic heterocycles. The molecule has 3 rings (SSSR count). The van der Waals surface area contributed by atoms with Gasteiger partial charge < -0.3 is 10.1 Å². The molecule has 0 radical (unpaired) electrons. The van der Waals surface area contributed by atoms with Crippen molar-refractivity contribution < 1.29 is 13.9 Å². The first-order chi connectivity index (χ1) is 13.1. The molecule has 0 aliphatic rings. The monoisotopic (exact) mass is 386 g/mol. The van der Waals surface area contributed by atoms with Gasteiger partial charge in [0.1, 0.15) is 17.9 Å². The summed E-state index contributed by atoms with van der Waals surface area (Å²) in [6.45, 7) is 1.85. The lowest BCUT2D eigenvalue weighted by Gasteiger charge is -2.14. The highest BCUT2D eigenvalue weighted by Crippen LogP contribution is 2.26. The van der Waals surface area contributed by atoms with Crippen LogP contribution in [0.4, 0.5) is 4.39 Å². The summed E-state index contributed by atoms with van der Waals surface area (Å²) in [4.78, 5) is 12.3. The average molecular weight is 386 g/mol. The second-order valence-electron chi connectivity index (χ2n) is 5.78. The van der Waals surface area contributed by atoms with E-state index in [9.17, 15) is 9.18 Å². The molecule has 0 aliphatic carbocycles. The summed E-state index contributed by atoms with van der Waals surface area (Å²) in [5.41, 5.74) is 1.64. The number of nitrogens with zero attached hydrogens (tertiary/aromatic N) is 3. The summed E-state index contributed by atoms with van der Waals surface area (Å²) in [6.07, 6.45) is 1.58. The molecule has 1 N–H and O–H groups in total. The minimum Gasteiger partial charge on any atom is -0.495 e. The zero-order valence-electron chi connectivity index (χ0n) is 14.9. The highest BCUT2D eigenvalue weighted by atomic mass is 32.2. The van der Waals surface area contributed by atoms with E-state index in [1.807, 2.05) is 31.2 Å². The summed E-state index contributed by atoms with van der Waals surface area (Å²) in [5.74, 6) is 0.419. The molecule has 0 spiro atoms. The Labute approximate surface area is 160 Å². The number of methoxy groups -OCH3 is 1. The largest absolute Gasteiger partial charge is 0.495 e. The van der Waals surface area contributed by atoms with E-state index in [-0.39, 0.29) is 23.5 Å². The third-order valence-electron chi connectivity index (χ3n) is 3.94. The number of nitrogens with one attached hydrogen (secondary N) is 1. The van der Waals surface area contributed by atoms with Crippen LogP contribution in [0.5, 0.6) is 5.75 Å². The van der Waals surface area contributed by atoms with Gasteiger partial charge in [-0.05, 0) is 36.8 Å². The third kappa shape index (κ3) is 4.65. The second-order valence-corrected chi connectivity index (χ2v) is 6.73. The number of para-hydroxylation sites is 2. The third-order valence-corrected chi connectivity index (χ3v) is 4.88. The van der Waals surface area contributed by atoms with Crippen LogP contribution in [-0.4, -0.2) is 33.5 Å². The highest BCUT2D eigenvalue weighted by Gasteiger charge is 2.14. The van der Waals surface area contributed by atoms with Gasteiger partial charge in [-0.1, -0.05) is 36.0 Å². The number of benzene rings is 2. The first-order valence-electron chi connectivity index (χ1n) is 8.29. The molecule has 0 bridgehead atoms. The molecule has 2 aromatic carbocycles. The minimum atomic E-state index is -0.302. The van der Waals surface area contributed by atoms with E-state index < -0.39 is 0 Å². The Morgan fingerprint density at radius 1 is 1.26 bits per heavy atom. The van der Waals surface area contributed by atoms with Gasteiger partial charge in [0, 0.05) is 0 Å². The number of aromatic nitrogens is 3. The van der Waals surface area contributed by atoms with Gasteiger partial charge >= 0.3 is 0 Å². The Morgan fingerprint density at radius 2 is 2.00 bits per heavy atom. The van der Waals surface area contributed by atoms with Crippen LogP contribution in [0, 0.1) is 5.82 Å². The first-order valence-corrected chi connectivity index (χ1v) is 9.28. The molecular weight excluding hydrogens is 367 g/mol. The van der Waals surface area contributed by atoms with Gasteiger partial charge in [-0.3, -0.25) is 9.36 Å². The molecule has 140 valence electrons. The number of amides is 1. The molecule has 0 saturated carbocycles. The molecule has 6 nitrogen and oxygen atoms in total. The number of halogens is 1. The molecule has 3 aromatic rings. The van der Waals surface area contributed by atoms with E-state index in [2.05, 4.69) is 15.5 Å². The van der Waals surface area contributed by atoms with Crippen molar-refractivity contribution in [3.8, 4) is 11.4 Å². The summed E-state index contributed by atoms with van der Waals surface area (Å²) >= 11 is 1.28. The Hall–Kier alpha value is -2.87. The van der Waals surface area contributed by atoms with Gasteiger partial charge in [-0.2, -0.15) is 0 Å². The number of rotatable bonds is 7. The van der Waals surface area contributed by atoms with Gasteiger partial charge in [0.15, 0.2) is 5.16 Å². The second kappa shape index (κ2) is 8.68. The van der Waals surface area contributed by atoms with Crippen LogP contribution < -0.4 is 10.1 Å². The summed E-state index contributed by atoms with van der Waals surface area (Å²) in [6, 6.07) is 13.4. The quantitative estimate of drug-likeness (QED) is 0.631. The zero-order valence-corrected chi connectivity index (χ0v) is 15.7. The summed E-state index contributed by atoms with van der Waals surface area (Å²) < 4.78 is 20.2. The summed E-state index contributed by atoms with van der Waals surface area (Å²) in [7, 11) is 1.60. The lowest BCUT2D eigenvalue weighted by atomic mass is 10.1. The minimum absolute atomic E-state index is 0.147. The number of carbonyl (C=O) groups excluding carboxylic acids is 1. The molecule has 1 amide bonds. The predicted molar refractivity (Wildman–Crippen MR) is 102 cm³/mol. The normalized spacial score (nSPS) is 11.8. The van der Waals surface area contributed by atoms with Crippen molar-refractivity contribution in [2.75, 3.05) is 12.9 Å². The summed E-state index contributed by atoms with van der Waals surface area (Å²) in [5, 5.41) is 11.5. The SMILES string of the molecule is COc1ccccc1-n1cnnc1SCC(=O)NC(C)c1ccc(F)cc1. The fraction of sp³-hybridized carbons (Fsp3) is 0.211. The molecule has 1 heterocycles. The Kier molecular flexibility index (Phi) is 6.08. The van der Waals surface area contributed by atoms with Crippen LogP contribution in [0.1, 0.15) is 18.5 Å². The maximum Gasteiger partial charge on any atom is 0.230 e. The van der Waals surface area contributed by atoms with Crippen LogP contribution in [0.25, 0.3) is 5.69 Å². The molecule has 27 heavy (non-hydrogen) atoms. The maximum atomic E-state index is 13.0. The van der Waals surface area contributed by atoms with Crippen LogP contribution in [0.3, 0.4) is 0 Å². The molecule has 0 saturated heterocycles. The smallest absolute Gasteiger partial charge is 0.230 e. The first kappa shape index (κ1) is 18.9. The lowest BCUT2D eigenvalue weighted by molar-refractivity contribution is -0.119.